The van der Waals surface area contributed by atoms with Crippen molar-refractivity contribution in [3.63, 3.8) is 0 Å². The summed E-state index contributed by atoms with van der Waals surface area (Å²) in [6.45, 7) is 7.90. The van der Waals surface area contributed by atoms with Crippen molar-refractivity contribution in [2.24, 2.45) is 0 Å². The molecule has 0 saturated carbocycles. The Morgan fingerprint density at radius 1 is 1.03 bits per heavy atom. The van der Waals surface area contributed by atoms with Gasteiger partial charge >= 0.3 is 0 Å². The highest BCUT2D eigenvalue weighted by Gasteiger charge is 2.30. The molecule has 3 N–H and O–H groups in total. The first-order chi connectivity index (χ1) is 14.7. The third-order valence-corrected chi connectivity index (χ3v) is 5.98. The van der Waals surface area contributed by atoms with Gasteiger partial charge in [0.15, 0.2) is 0 Å². The fourth-order valence-corrected chi connectivity index (χ4v) is 4.07. The Kier molecular flexibility index (Phi) is 9.14. The first kappa shape index (κ1) is 25.0. The first-order valence-electron chi connectivity index (χ1n) is 11.0. The third-order valence-electron chi connectivity index (χ3n) is 5.98. The minimum atomic E-state index is -0.943. The third kappa shape index (κ3) is 6.84. The fraction of sp³-hybridized carbons (Fsp3) is 0.480. The molecule has 31 heavy (non-hydrogen) atoms. The Morgan fingerprint density at radius 3 is 2.23 bits per heavy atom. The summed E-state index contributed by atoms with van der Waals surface area (Å²) in [7, 11) is 0. The van der Waals surface area contributed by atoms with E-state index in [1.807, 2.05) is 6.07 Å². The number of aliphatic hydroxyl groups is 1. The van der Waals surface area contributed by atoms with E-state index in [-0.39, 0.29) is 24.4 Å². The number of hydrogen-bond donors (Lipinski definition) is 3. The van der Waals surface area contributed by atoms with Gasteiger partial charge in [-0.1, -0.05) is 45.0 Å². The zero-order chi connectivity index (χ0) is 23.0. The summed E-state index contributed by atoms with van der Waals surface area (Å²) < 4.78 is 27.2. The maximum Gasteiger partial charge on any atom is 0.217 e. The molecule has 0 bridgehead atoms. The lowest BCUT2D eigenvalue weighted by Gasteiger charge is -2.36. The summed E-state index contributed by atoms with van der Waals surface area (Å²) in [5, 5.41) is 17.1. The molecule has 2 atom stereocenters. The van der Waals surface area contributed by atoms with Crippen LogP contribution in [0.5, 0.6) is 0 Å². The monoisotopic (exact) mass is 432 g/mol. The van der Waals surface area contributed by atoms with E-state index >= 15 is 0 Å². The average Bonchev–Trinajstić information content (AvgIpc) is 2.73. The van der Waals surface area contributed by atoms with Crippen molar-refractivity contribution in [2.75, 3.05) is 6.54 Å². The summed E-state index contributed by atoms with van der Waals surface area (Å²) in [4.78, 5) is 11.7. The Bertz CT molecular complexity index is 848. The largest absolute Gasteiger partial charge is 0.390 e. The summed E-state index contributed by atoms with van der Waals surface area (Å²) in [5.41, 5.74) is 2.46. The number of carbonyl (C=O) groups is 1. The molecule has 4 nitrogen and oxygen atoms in total. The summed E-state index contributed by atoms with van der Waals surface area (Å²) in [6.07, 6.45) is 1.76. The molecule has 2 aromatic rings. The number of carbonyl (C=O) groups excluding carboxylic acids is 1. The fourth-order valence-electron chi connectivity index (χ4n) is 4.07. The van der Waals surface area contributed by atoms with Crippen LogP contribution in [0.3, 0.4) is 0 Å². The van der Waals surface area contributed by atoms with E-state index in [9.17, 15) is 18.7 Å². The highest BCUT2D eigenvalue weighted by atomic mass is 19.1. The molecule has 0 unspecified atom stereocenters. The number of benzene rings is 2. The molecule has 2 aromatic carbocycles. The molecule has 0 aliphatic rings. The van der Waals surface area contributed by atoms with Crippen molar-refractivity contribution in [3.05, 3.63) is 70.8 Å². The van der Waals surface area contributed by atoms with Gasteiger partial charge in [0.25, 0.3) is 0 Å². The lowest BCUT2D eigenvalue weighted by molar-refractivity contribution is -0.120. The van der Waals surface area contributed by atoms with Crippen molar-refractivity contribution in [1.29, 1.82) is 0 Å². The van der Waals surface area contributed by atoms with E-state index in [4.69, 9.17) is 0 Å². The van der Waals surface area contributed by atoms with E-state index in [1.54, 1.807) is 0 Å². The standard InChI is InChI=1S/C25H34F2N2O2/c1-5-18-9-8-10-20(11-18)25(6-2,7-3)28-16-24(31)23(29-17(4)30)14-19-12-21(26)15-22(27)13-19/h8-13,15,23-24,28,31H,5-7,14,16H2,1-4H3,(H,29,30)/t23-,24-/m0/s1. The van der Waals surface area contributed by atoms with E-state index in [1.165, 1.54) is 24.6 Å². The molecule has 0 aliphatic heterocycles. The molecule has 0 fully saturated rings. The van der Waals surface area contributed by atoms with Gasteiger partial charge < -0.3 is 15.7 Å². The summed E-state index contributed by atoms with van der Waals surface area (Å²) in [6, 6.07) is 11.0. The second-order valence-electron chi connectivity index (χ2n) is 8.08. The lowest BCUT2D eigenvalue weighted by Crippen LogP contribution is -2.52. The van der Waals surface area contributed by atoms with Crippen LogP contribution in [0.1, 0.15) is 57.2 Å². The number of rotatable bonds is 11. The maximum atomic E-state index is 13.6. The van der Waals surface area contributed by atoms with Crippen molar-refractivity contribution in [2.45, 2.75) is 71.1 Å². The highest BCUT2D eigenvalue weighted by molar-refractivity contribution is 5.73. The summed E-state index contributed by atoms with van der Waals surface area (Å²) >= 11 is 0. The topological polar surface area (TPSA) is 61.4 Å². The number of aryl methyl sites for hydroxylation is 1. The van der Waals surface area contributed by atoms with E-state index in [0.717, 1.165) is 30.9 Å². The Labute approximate surface area is 184 Å². The van der Waals surface area contributed by atoms with Gasteiger partial charge in [0, 0.05) is 25.1 Å². The van der Waals surface area contributed by atoms with Crippen LogP contribution in [0.15, 0.2) is 42.5 Å². The quantitative estimate of drug-likeness (QED) is 0.498. The molecule has 170 valence electrons. The van der Waals surface area contributed by atoms with Crippen molar-refractivity contribution in [1.82, 2.24) is 10.6 Å². The molecular weight excluding hydrogens is 398 g/mol. The minimum Gasteiger partial charge on any atom is -0.390 e. The second-order valence-corrected chi connectivity index (χ2v) is 8.08. The summed E-state index contributed by atoms with van der Waals surface area (Å²) in [5.74, 6) is -1.68. The molecule has 0 spiro atoms. The maximum absolute atomic E-state index is 13.6. The van der Waals surface area contributed by atoms with Gasteiger partial charge in [0.1, 0.15) is 11.6 Å². The Balaban J connectivity index is 2.20. The number of nitrogens with one attached hydrogen (secondary N) is 2. The molecular formula is C25H34F2N2O2. The SMILES string of the molecule is CCc1cccc(C(CC)(CC)NC[C@H](O)[C@H](Cc2cc(F)cc(F)c2)NC(C)=O)c1. The van der Waals surface area contributed by atoms with E-state index in [2.05, 4.69) is 49.6 Å². The Morgan fingerprint density at radius 2 is 1.68 bits per heavy atom. The number of hydrogen-bond acceptors (Lipinski definition) is 3. The smallest absolute Gasteiger partial charge is 0.217 e. The second kappa shape index (κ2) is 11.3. The van der Waals surface area contributed by atoms with Gasteiger partial charge in [-0.05, 0) is 54.5 Å². The van der Waals surface area contributed by atoms with Crippen molar-refractivity contribution >= 4 is 5.91 Å². The van der Waals surface area contributed by atoms with E-state index < -0.39 is 23.8 Å². The zero-order valence-corrected chi connectivity index (χ0v) is 18.8. The number of amides is 1. The van der Waals surface area contributed by atoms with Gasteiger partial charge in [0.05, 0.1) is 12.1 Å². The van der Waals surface area contributed by atoms with Crippen LogP contribution in [0.2, 0.25) is 0 Å². The molecule has 2 rings (SSSR count). The molecule has 0 saturated heterocycles. The van der Waals surface area contributed by atoms with Crippen molar-refractivity contribution in [3.8, 4) is 0 Å². The predicted molar refractivity (Wildman–Crippen MR) is 120 cm³/mol. The van der Waals surface area contributed by atoms with Crippen LogP contribution >= 0.6 is 0 Å². The lowest BCUT2D eigenvalue weighted by atomic mass is 9.83. The molecule has 6 heteroatoms. The van der Waals surface area contributed by atoms with Crippen molar-refractivity contribution < 1.29 is 18.7 Å². The van der Waals surface area contributed by atoms with Gasteiger partial charge in [-0.25, -0.2) is 8.78 Å². The van der Waals surface area contributed by atoms with Crippen LogP contribution in [0.4, 0.5) is 8.78 Å². The molecule has 0 aromatic heterocycles. The van der Waals surface area contributed by atoms with Crippen LogP contribution in [0, 0.1) is 11.6 Å². The van der Waals surface area contributed by atoms with Crippen LogP contribution in [-0.4, -0.2) is 29.7 Å². The predicted octanol–water partition coefficient (Wildman–Crippen LogP) is 4.24. The number of aliphatic hydroxyl groups excluding tert-OH is 1. The first-order valence-corrected chi connectivity index (χ1v) is 11.0. The van der Waals surface area contributed by atoms with Gasteiger partial charge in [-0.2, -0.15) is 0 Å². The molecule has 1 amide bonds. The van der Waals surface area contributed by atoms with Gasteiger partial charge in [0.2, 0.25) is 5.91 Å². The van der Waals surface area contributed by atoms with Crippen LogP contribution < -0.4 is 10.6 Å². The van der Waals surface area contributed by atoms with Gasteiger partial charge in [-0.3, -0.25) is 4.79 Å². The molecule has 0 heterocycles. The molecule has 0 radical (unpaired) electrons. The highest BCUT2D eigenvalue weighted by Crippen LogP contribution is 2.29. The van der Waals surface area contributed by atoms with Crippen LogP contribution in [-0.2, 0) is 23.2 Å². The zero-order valence-electron chi connectivity index (χ0n) is 18.8. The Hall–Kier alpha value is -2.31. The van der Waals surface area contributed by atoms with E-state index in [0.29, 0.717) is 5.56 Å². The average molecular weight is 433 g/mol. The normalized spacial score (nSPS) is 13.6. The minimum absolute atomic E-state index is 0.119. The van der Waals surface area contributed by atoms with Gasteiger partial charge in [-0.15, -0.1) is 0 Å². The van der Waals surface area contributed by atoms with Crippen LogP contribution in [0.25, 0.3) is 0 Å². The molecule has 0 aliphatic carbocycles. The number of halogens is 2.